The molecule has 0 bridgehead atoms. The van der Waals surface area contributed by atoms with Crippen LogP contribution < -0.4 is 21.3 Å². The van der Waals surface area contributed by atoms with Crippen molar-refractivity contribution in [1.29, 1.82) is 10.8 Å². The summed E-state index contributed by atoms with van der Waals surface area (Å²) < 4.78 is 0. The number of dihydropyridines is 1. The molecule has 1 aromatic carbocycles. The molecule has 3 rings (SSSR count). The van der Waals surface area contributed by atoms with E-state index in [1.807, 2.05) is 62.4 Å². The maximum Gasteiger partial charge on any atom is 0.254 e. The van der Waals surface area contributed by atoms with E-state index in [-0.39, 0.29) is 23.4 Å². The number of amides is 1. The number of hydrogen-bond acceptors (Lipinski definition) is 6. The number of hydrogen-bond donors (Lipinski definition) is 6. The van der Waals surface area contributed by atoms with Crippen molar-refractivity contribution in [2.75, 3.05) is 12.4 Å². The molecule has 0 fully saturated rings. The molecule has 0 aliphatic carbocycles. The Morgan fingerprint density at radius 1 is 1.20 bits per heavy atom. The van der Waals surface area contributed by atoms with Gasteiger partial charge in [0.2, 0.25) is 0 Å². The third-order valence-corrected chi connectivity index (χ3v) is 5.45. The highest BCUT2D eigenvalue weighted by Crippen LogP contribution is 2.21. The van der Waals surface area contributed by atoms with Crippen LogP contribution in [-0.4, -0.2) is 30.0 Å². The van der Waals surface area contributed by atoms with E-state index in [0.29, 0.717) is 27.8 Å². The average molecular weight is 490 g/mol. The first-order chi connectivity index (χ1) is 16.8. The summed E-state index contributed by atoms with van der Waals surface area (Å²) in [5.74, 6) is 0.421. The summed E-state index contributed by atoms with van der Waals surface area (Å²) in [7, 11) is 1.51. The summed E-state index contributed by atoms with van der Waals surface area (Å²) >= 11 is 5.99. The third-order valence-electron chi connectivity index (χ3n) is 5.20. The summed E-state index contributed by atoms with van der Waals surface area (Å²) in [5.41, 5.74) is 3.80. The van der Waals surface area contributed by atoms with Crippen molar-refractivity contribution in [2.24, 2.45) is 0 Å². The minimum Gasteiger partial charge on any atom is -0.364 e. The fraction of sp³-hybridized carbons (Fsp3) is 0.154. The van der Waals surface area contributed by atoms with Gasteiger partial charge in [0.15, 0.2) is 0 Å². The predicted molar refractivity (Wildman–Crippen MR) is 142 cm³/mol. The summed E-state index contributed by atoms with van der Waals surface area (Å²) in [6, 6.07) is 13.0. The largest absolute Gasteiger partial charge is 0.364 e. The number of halogens is 1. The Bertz CT molecular complexity index is 1240. The van der Waals surface area contributed by atoms with Crippen molar-refractivity contribution in [3.8, 4) is 0 Å². The second kappa shape index (κ2) is 11.8. The summed E-state index contributed by atoms with van der Waals surface area (Å²) in [6.45, 7) is 3.86. The van der Waals surface area contributed by atoms with Gasteiger partial charge in [-0.1, -0.05) is 29.8 Å². The monoisotopic (exact) mass is 489 g/mol. The van der Waals surface area contributed by atoms with E-state index in [1.165, 1.54) is 7.05 Å². The normalized spacial score (nSPS) is 15.3. The zero-order valence-corrected chi connectivity index (χ0v) is 20.5. The molecule has 180 valence electrons. The molecule has 2 aromatic rings. The number of allylic oxidation sites excluding steroid dienone is 2. The van der Waals surface area contributed by atoms with Gasteiger partial charge < -0.3 is 26.7 Å². The lowest BCUT2D eigenvalue weighted by atomic mass is 10.0. The van der Waals surface area contributed by atoms with Gasteiger partial charge in [-0.3, -0.25) is 10.2 Å². The van der Waals surface area contributed by atoms with Crippen LogP contribution in [0.4, 0.5) is 5.82 Å². The Labute approximate surface area is 209 Å². The molecule has 1 atom stereocenters. The highest BCUT2D eigenvalue weighted by Gasteiger charge is 2.16. The number of anilines is 1. The fourth-order valence-electron chi connectivity index (χ4n) is 3.39. The molecule has 0 saturated carbocycles. The van der Waals surface area contributed by atoms with Crippen LogP contribution in [-0.2, 0) is 4.79 Å². The molecule has 1 amide bonds. The Hall–Kier alpha value is -4.17. The lowest BCUT2D eigenvalue weighted by Crippen LogP contribution is -2.26. The molecular weight excluding hydrogens is 462 g/mol. The highest BCUT2D eigenvalue weighted by molar-refractivity contribution is 6.30. The number of pyridine rings is 1. The molecule has 2 heterocycles. The van der Waals surface area contributed by atoms with E-state index >= 15 is 0 Å². The number of aromatic nitrogens is 1. The van der Waals surface area contributed by atoms with Gasteiger partial charge in [-0.2, -0.15) is 0 Å². The van der Waals surface area contributed by atoms with Crippen molar-refractivity contribution in [3.63, 3.8) is 0 Å². The first-order valence-electron chi connectivity index (χ1n) is 11.0. The number of nitrogens with zero attached hydrogens (tertiary/aromatic N) is 1. The molecule has 1 aliphatic rings. The number of nitrogens with one attached hydrogen (secondary N) is 6. The SMILES string of the molecule is CNC(=O)/C(C=N)=C1C=C(/C(=C/C(=N)NC(C)c2ccc(Cl)cc2)Nc2cccc(C)n2)C=CN\1. The van der Waals surface area contributed by atoms with Gasteiger partial charge in [0.1, 0.15) is 11.7 Å². The lowest BCUT2D eigenvalue weighted by Gasteiger charge is -2.19. The van der Waals surface area contributed by atoms with E-state index < -0.39 is 0 Å². The van der Waals surface area contributed by atoms with Crippen molar-refractivity contribution in [1.82, 2.24) is 20.9 Å². The van der Waals surface area contributed by atoms with E-state index in [1.54, 1.807) is 18.4 Å². The molecule has 6 N–H and O–H groups in total. The van der Waals surface area contributed by atoms with Gasteiger partial charge in [0.05, 0.1) is 17.0 Å². The number of carbonyl (C=O) groups excluding carboxylic acids is 1. The first kappa shape index (κ1) is 25.5. The zero-order chi connectivity index (χ0) is 25.4. The second-order valence-corrected chi connectivity index (χ2v) is 8.24. The molecular formula is C26H28ClN7O. The summed E-state index contributed by atoms with van der Waals surface area (Å²) in [6.07, 6.45) is 7.92. The fourth-order valence-corrected chi connectivity index (χ4v) is 3.51. The molecule has 0 spiro atoms. The summed E-state index contributed by atoms with van der Waals surface area (Å²) in [4.78, 5) is 16.7. The van der Waals surface area contributed by atoms with Crippen LogP contribution in [0.3, 0.4) is 0 Å². The number of likely N-dealkylation sites (N-methyl/N-ethyl adjacent to an activating group) is 1. The maximum absolute atomic E-state index is 12.2. The van der Waals surface area contributed by atoms with Gasteiger partial charge >= 0.3 is 0 Å². The van der Waals surface area contributed by atoms with Crippen molar-refractivity contribution < 1.29 is 4.79 Å². The third kappa shape index (κ3) is 6.91. The van der Waals surface area contributed by atoms with E-state index in [2.05, 4.69) is 26.3 Å². The van der Waals surface area contributed by atoms with Crippen LogP contribution in [0, 0.1) is 17.7 Å². The van der Waals surface area contributed by atoms with Crippen LogP contribution >= 0.6 is 11.6 Å². The van der Waals surface area contributed by atoms with Crippen LogP contribution in [0.25, 0.3) is 0 Å². The minimum absolute atomic E-state index is 0.125. The molecule has 35 heavy (non-hydrogen) atoms. The van der Waals surface area contributed by atoms with E-state index in [0.717, 1.165) is 17.5 Å². The maximum atomic E-state index is 12.2. The number of amidine groups is 1. The standard InChI is InChI=1S/C26H28ClN7O/c1-16-5-4-6-25(32-16)34-22(14-24(29)33-17(2)18-7-9-20(27)10-8-18)19-11-12-31-23(13-19)21(15-28)26(35)30-3/h4-15,17,28,31H,1-3H3,(H2,29,33)(H,30,35)(H,32,34)/b22-14-,23-21+,28-15?. The number of carbonyl (C=O) groups is 1. The quantitative estimate of drug-likeness (QED) is 0.187. The lowest BCUT2D eigenvalue weighted by molar-refractivity contribution is -0.116. The first-order valence-corrected chi connectivity index (χ1v) is 11.3. The molecule has 1 unspecified atom stereocenters. The van der Waals surface area contributed by atoms with Gasteiger partial charge in [-0.15, -0.1) is 0 Å². The van der Waals surface area contributed by atoms with Crippen molar-refractivity contribution in [2.45, 2.75) is 19.9 Å². The Balaban J connectivity index is 1.96. The topological polar surface area (TPSA) is 126 Å². The second-order valence-electron chi connectivity index (χ2n) is 7.81. The zero-order valence-electron chi connectivity index (χ0n) is 19.7. The van der Waals surface area contributed by atoms with Gasteiger partial charge in [-0.05, 0) is 55.8 Å². The molecule has 0 radical (unpaired) electrons. The van der Waals surface area contributed by atoms with Crippen LogP contribution in [0.5, 0.6) is 0 Å². The van der Waals surface area contributed by atoms with Crippen LogP contribution in [0.15, 0.2) is 89.4 Å². The Morgan fingerprint density at radius 2 is 1.94 bits per heavy atom. The molecule has 8 nitrogen and oxygen atoms in total. The van der Waals surface area contributed by atoms with E-state index in [9.17, 15) is 4.79 Å². The molecule has 1 aliphatic heterocycles. The van der Waals surface area contributed by atoms with Crippen LogP contribution in [0.2, 0.25) is 5.02 Å². The van der Waals surface area contributed by atoms with Gasteiger partial charge in [0, 0.05) is 47.9 Å². The molecule has 0 saturated heterocycles. The smallest absolute Gasteiger partial charge is 0.254 e. The number of benzene rings is 1. The average Bonchev–Trinajstić information content (AvgIpc) is 2.84. The molecule has 9 heteroatoms. The summed E-state index contributed by atoms with van der Waals surface area (Å²) in [5, 5.41) is 28.9. The van der Waals surface area contributed by atoms with E-state index in [4.69, 9.17) is 22.4 Å². The highest BCUT2D eigenvalue weighted by atomic mass is 35.5. The predicted octanol–water partition coefficient (Wildman–Crippen LogP) is 4.36. The van der Waals surface area contributed by atoms with Gasteiger partial charge in [0.25, 0.3) is 5.91 Å². The molecule has 1 aromatic heterocycles. The van der Waals surface area contributed by atoms with Crippen molar-refractivity contribution in [3.05, 3.63) is 106 Å². The number of rotatable bonds is 8. The Morgan fingerprint density at radius 3 is 2.60 bits per heavy atom. The van der Waals surface area contributed by atoms with Gasteiger partial charge in [-0.25, -0.2) is 4.98 Å². The van der Waals surface area contributed by atoms with Crippen molar-refractivity contribution >= 4 is 35.4 Å². The van der Waals surface area contributed by atoms with Crippen LogP contribution in [0.1, 0.15) is 24.2 Å². The Kier molecular flexibility index (Phi) is 8.58. The minimum atomic E-state index is -0.376. The number of aryl methyl sites for hydroxylation is 1.